The van der Waals surface area contributed by atoms with Crippen LogP contribution in [0.2, 0.25) is 0 Å². The van der Waals surface area contributed by atoms with Crippen LogP contribution in [0.1, 0.15) is 27.9 Å². The maximum absolute atomic E-state index is 12.2. The van der Waals surface area contributed by atoms with Crippen molar-refractivity contribution in [2.45, 2.75) is 24.9 Å². The summed E-state index contributed by atoms with van der Waals surface area (Å²) in [6, 6.07) is 13.4. The van der Waals surface area contributed by atoms with Crippen molar-refractivity contribution in [3.63, 3.8) is 0 Å². The van der Waals surface area contributed by atoms with Crippen LogP contribution in [0.15, 0.2) is 48.5 Å². The van der Waals surface area contributed by atoms with Gasteiger partial charge in [0.25, 0.3) is 11.6 Å². The van der Waals surface area contributed by atoms with E-state index in [1.165, 1.54) is 29.8 Å². The molecule has 0 aliphatic heterocycles. The molecule has 0 fully saturated rings. The van der Waals surface area contributed by atoms with Crippen LogP contribution in [0.5, 0.6) is 0 Å². The van der Waals surface area contributed by atoms with Gasteiger partial charge in [0, 0.05) is 30.7 Å². The van der Waals surface area contributed by atoms with Crippen LogP contribution < -0.4 is 5.32 Å². The van der Waals surface area contributed by atoms with Crippen molar-refractivity contribution in [2.75, 3.05) is 6.54 Å². The molecule has 24 heavy (non-hydrogen) atoms. The smallest absolute Gasteiger partial charge is 0.269 e. The molecule has 0 radical (unpaired) electrons. The minimum absolute atomic E-state index is 0.0610. The molecule has 0 saturated carbocycles. The van der Waals surface area contributed by atoms with Gasteiger partial charge in [-0.1, -0.05) is 24.3 Å². The quantitative estimate of drug-likeness (QED) is 0.666. The van der Waals surface area contributed by atoms with Crippen molar-refractivity contribution >= 4 is 11.6 Å². The van der Waals surface area contributed by atoms with Gasteiger partial charge in [-0.3, -0.25) is 14.9 Å². The summed E-state index contributed by atoms with van der Waals surface area (Å²) in [6.07, 6.45) is 1.87. The zero-order chi connectivity index (χ0) is 17.2. The normalized spacial score (nSPS) is 19.4. The number of nitrogens with one attached hydrogen (secondary N) is 1. The molecule has 0 heterocycles. The lowest BCUT2D eigenvalue weighted by Crippen LogP contribution is -2.46. The van der Waals surface area contributed by atoms with E-state index >= 15 is 0 Å². The molecule has 0 spiro atoms. The number of fused-ring (bicyclic) bond motifs is 1. The summed E-state index contributed by atoms with van der Waals surface area (Å²) >= 11 is 0. The molecule has 2 aromatic carbocycles. The Bertz CT molecular complexity index is 773. The van der Waals surface area contributed by atoms with Gasteiger partial charge in [0.2, 0.25) is 0 Å². The highest BCUT2D eigenvalue weighted by molar-refractivity contribution is 5.94. The fraction of sp³-hybridized carbons (Fsp3) is 0.278. The first-order valence-electron chi connectivity index (χ1n) is 7.79. The zero-order valence-corrected chi connectivity index (χ0v) is 13.1. The molecule has 1 unspecified atom stereocenters. The Morgan fingerprint density at radius 1 is 1.17 bits per heavy atom. The average molecular weight is 326 g/mol. The average Bonchev–Trinajstić information content (AvgIpc) is 2.59. The molecule has 2 aromatic rings. The molecule has 1 aliphatic carbocycles. The Kier molecular flexibility index (Phi) is 4.31. The van der Waals surface area contributed by atoms with E-state index in [0.29, 0.717) is 18.4 Å². The minimum Gasteiger partial charge on any atom is -0.388 e. The maximum Gasteiger partial charge on any atom is 0.269 e. The van der Waals surface area contributed by atoms with Gasteiger partial charge >= 0.3 is 0 Å². The second-order valence-electron chi connectivity index (χ2n) is 6.16. The predicted octanol–water partition coefficient (Wildman–Crippen LogP) is 2.24. The van der Waals surface area contributed by atoms with Gasteiger partial charge in [-0.15, -0.1) is 0 Å². The van der Waals surface area contributed by atoms with Gasteiger partial charge in [-0.2, -0.15) is 0 Å². The highest BCUT2D eigenvalue weighted by Crippen LogP contribution is 2.28. The Balaban J connectivity index is 1.63. The first-order valence-corrected chi connectivity index (χ1v) is 7.79. The summed E-state index contributed by atoms with van der Waals surface area (Å²) in [5.41, 5.74) is 1.65. The number of rotatable bonds is 4. The third kappa shape index (κ3) is 3.44. The van der Waals surface area contributed by atoms with Crippen LogP contribution >= 0.6 is 0 Å². The lowest BCUT2D eigenvalue weighted by Gasteiger charge is -2.33. The van der Waals surface area contributed by atoms with E-state index in [4.69, 9.17) is 0 Å². The standard InChI is InChI=1S/C18H18N2O4/c21-17(14-5-7-16(8-6-14)20(23)24)19-12-18(22)10-9-13-3-1-2-4-15(13)11-18/h1-8,22H,9-12H2,(H,19,21). The number of non-ortho nitro benzene ring substituents is 1. The molecular formula is C18H18N2O4. The highest BCUT2D eigenvalue weighted by Gasteiger charge is 2.32. The number of hydrogen-bond acceptors (Lipinski definition) is 4. The fourth-order valence-electron chi connectivity index (χ4n) is 3.02. The lowest BCUT2D eigenvalue weighted by molar-refractivity contribution is -0.384. The van der Waals surface area contributed by atoms with Crippen molar-refractivity contribution < 1.29 is 14.8 Å². The van der Waals surface area contributed by atoms with Gasteiger partial charge in [0.05, 0.1) is 10.5 Å². The number of hydrogen-bond donors (Lipinski definition) is 2. The first-order chi connectivity index (χ1) is 11.5. The van der Waals surface area contributed by atoms with Crippen LogP contribution in [-0.4, -0.2) is 28.1 Å². The van der Waals surface area contributed by atoms with Crippen molar-refractivity contribution in [1.29, 1.82) is 0 Å². The summed E-state index contributed by atoms with van der Waals surface area (Å²) < 4.78 is 0. The zero-order valence-electron chi connectivity index (χ0n) is 13.1. The molecule has 0 aromatic heterocycles. The van der Waals surface area contributed by atoms with Gasteiger partial charge < -0.3 is 10.4 Å². The molecule has 1 aliphatic rings. The third-order valence-electron chi connectivity index (χ3n) is 4.42. The van der Waals surface area contributed by atoms with Crippen LogP contribution in [0, 0.1) is 10.1 Å². The van der Waals surface area contributed by atoms with Gasteiger partial charge in [0.15, 0.2) is 0 Å². The number of nitro benzene ring substituents is 1. The van der Waals surface area contributed by atoms with Crippen molar-refractivity contribution in [3.8, 4) is 0 Å². The minimum atomic E-state index is -0.967. The second-order valence-corrected chi connectivity index (χ2v) is 6.16. The Morgan fingerprint density at radius 3 is 2.50 bits per heavy atom. The van der Waals surface area contributed by atoms with E-state index in [2.05, 4.69) is 11.4 Å². The molecule has 1 amide bonds. The van der Waals surface area contributed by atoms with E-state index in [-0.39, 0.29) is 18.1 Å². The molecule has 124 valence electrons. The number of carbonyl (C=O) groups is 1. The van der Waals surface area contributed by atoms with Gasteiger partial charge in [0.1, 0.15) is 0 Å². The highest BCUT2D eigenvalue weighted by atomic mass is 16.6. The number of nitro groups is 1. The Hall–Kier alpha value is -2.73. The van der Waals surface area contributed by atoms with Crippen LogP contribution in [0.3, 0.4) is 0 Å². The Labute approximate surface area is 139 Å². The molecule has 2 N–H and O–H groups in total. The summed E-state index contributed by atoms with van der Waals surface area (Å²) in [7, 11) is 0. The number of aryl methyl sites for hydroxylation is 1. The molecule has 0 saturated heterocycles. The monoisotopic (exact) mass is 326 g/mol. The molecule has 6 heteroatoms. The SMILES string of the molecule is O=C(NCC1(O)CCc2ccccc2C1)c1ccc([N+](=O)[O-])cc1. The molecule has 3 rings (SSSR count). The van der Waals surface area contributed by atoms with Gasteiger partial charge in [-0.05, 0) is 36.1 Å². The second kappa shape index (κ2) is 6.41. The number of benzene rings is 2. The van der Waals surface area contributed by atoms with E-state index in [1.54, 1.807) is 0 Å². The number of nitrogens with zero attached hydrogens (tertiary/aromatic N) is 1. The first kappa shape index (κ1) is 16.1. The Morgan fingerprint density at radius 2 is 1.83 bits per heavy atom. The topological polar surface area (TPSA) is 92.5 Å². The fourth-order valence-corrected chi connectivity index (χ4v) is 3.02. The van der Waals surface area contributed by atoms with E-state index in [9.17, 15) is 20.0 Å². The molecule has 6 nitrogen and oxygen atoms in total. The number of carbonyl (C=O) groups excluding carboxylic acids is 1. The van der Waals surface area contributed by atoms with Crippen LogP contribution in [-0.2, 0) is 12.8 Å². The van der Waals surface area contributed by atoms with Crippen molar-refractivity contribution in [1.82, 2.24) is 5.32 Å². The van der Waals surface area contributed by atoms with Crippen LogP contribution in [0.25, 0.3) is 0 Å². The van der Waals surface area contributed by atoms with E-state index in [1.807, 2.05) is 18.2 Å². The summed E-state index contributed by atoms with van der Waals surface area (Å²) in [6.45, 7) is 0.150. The van der Waals surface area contributed by atoms with Gasteiger partial charge in [-0.25, -0.2) is 0 Å². The van der Waals surface area contributed by atoms with Crippen molar-refractivity contribution in [3.05, 3.63) is 75.3 Å². The van der Waals surface area contributed by atoms with E-state index < -0.39 is 10.5 Å². The largest absolute Gasteiger partial charge is 0.388 e. The summed E-state index contributed by atoms with van der Waals surface area (Å²) in [5.74, 6) is -0.350. The third-order valence-corrected chi connectivity index (χ3v) is 4.42. The summed E-state index contributed by atoms with van der Waals surface area (Å²) in [5, 5.41) is 24.1. The summed E-state index contributed by atoms with van der Waals surface area (Å²) in [4.78, 5) is 22.3. The van der Waals surface area contributed by atoms with Crippen LogP contribution in [0.4, 0.5) is 5.69 Å². The number of amides is 1. The lowest BCUT2D eigenvalue weighted by atomic mass is 9.80. The van der Waals surface area contributed by atoms with E-state index in [0.717, 1.165) is 12.0 Å². The molecular weight excluding hydrogens is 308 g/mol. The maximum atomic E-state index is 12.2. The van der Waals surface area contributed by atoms with Crippen molar-refractivity contribution in [2.24, 2.45) is 0 Å². The number of aliphatic hydroxyl groups is 1. The molecule has 1 atom stereocenters. The molecule has 0 bridgehead atoms. The predicted molar refractivity (Wildman–Crippen MR) is 88.8 cm³/mol.